The highest BCUT2D eigenvalue weighted by Crippen LogP contribution is 2.29. The number of carbonyl (C=O) groups excluding carboxylic acids is 1. The van der Waals surface area contributed by atoms with E-state index in [1.54, 1.807) is 12.1 Å². The first-order chi connectivity index (χ1) is 9.70. The molecule has 4 heteroatoms. The zero-order valence-corrected chi connectivity index (χ0v) is 11.9. The van der Waals surface area contributed by atoms with Crippen molar-refractivity contribution in [2.75, 3.05) is 11.9 Å². The monoisotopic (exact) mass is 279 g/mol. The highest BCUT2D eigenvalue weighted by atomic mass is 19.1. The van der Waals surface area contributed by atoms with Crippen LogP contribution in [0.4, 0.5) is 10.1 Å². The maximum absolute atomic E-state index is 12.9. The predicted octanol–water partition coefficient (Wildman–Crippen LogP) is 3.75. The van der Waals surface area contributed by atoms with E-state index in [4.69, 9.17) is 4.74 Å². The Morgan fingerprint density at radius 2 is 1.95 bits per heavy atom. The molecule has 20 heavy (non-hydrogen) atoms. The van der Waals surface area contributed by atoms with Crippen molar-refractivity contribution in [3.8, 4) is 0 Å². The molecule has 0 aromatic heterocycles. The lowest BCUT2D eigenvalue weighted by atomic mass is 9.83. The smallest absolute Gasteiger partial charge is 0.328 e. The van der Waals surface area contributed by atoms with Gasteiger partial charge in [-0.2, -0.15) is 0 Å². The van der Waals surface area contributed by atoms with Crippen LogP contribution in [0.15, 0.2) is 24.3 Å². The Balaban J connectivity index is 2.08. The van der Waals surface area contributed by atoms with Gasteiger partial charge in [0.05, 0.1) is 6.61 Å². The topological polar surface area (TPSA) is 38.3 Å². The molecule has 0 radical (unpaired) electrons. The average Bonchev–Trinajstić information content (AvgIpc) is 2.48. The summed E-state index contributed by atoms with van der Waals surface area (Å²) in [6, 6.07) is 5.77. The third kappa shape index (κ3) is 3.95. The van der Waals surface area contributed by atoms with Crippen LogP contribution in [-0.4, -0.2) is 18.6 Å². The van der Waals surface area contributed by atoms with Crippen LogP contribution >= 0.6 is 0 Å². The lowest BCUT2D eigenvalue weighted by Gasteiger charge is -2.30. The van der Waals surface area contributed by atoms with E-state index in [0.717, 1.165) is 31.4 Å². The van der Waals surface area contributed by atoms with Crippen LogP contribution in [0, 0.1) is 11.7 Å². The Labute approximate surface area is 119 Å². The second-order valence-corrected chi connectivity index (χ2v) is 5.28. The fourth-order valence-corrected chi connectivity index (χ4v) is 2.79. The molecule has 1 unspecified atom stereocenters. The van der Waals surface area contributed by atoms with Crippen molar-refractivity contribution in [1.29, 1.82) is 0 Å². The number of hydrogen-bond acceptors (Lipinski definition) is 3. The van der Waals surface area contributed by atoms with E-state index >= 15 is 0 Å². The van der Waals surface area contributed by atoms with Crippen LogP contribution < -0.4 is 5.32 Å². The molecular weight excluding hydrogens is 257 g/mol. The standard InChI is InChI=1S/C16H22FNO2/c1-2-20-16(19)15(12-6-4-3-5-7-12)18-14-10-8-13(17)9-11-14/h8-12,15,18H,2-7H2,1H3. The summed E-state index contributed by atoms with van der Waals surface area (Å²) in [6.45, 7) is 2.20. The molecule has 0 amide bonds. The minimum Gasteiger partial charge on any atom is -0.464 e. The van der Waals surface area contributed by atoms with E-state index in [2.05, 4.69) is 5.32 Å². The normalized spacial score (nSPS) is 17.5. The maximum Gasteiger partial charge on any atom is 0.328 e. The molecule has 0 spiro atoms. The van der Waals surface area contributed by atoms with Gasteiger partial charge >= 0.3 is 5.97 Å². The van der Waals surface area contributed by atoms with E-state index in [1.165, 1.54) is 18.6 Å². The molecule has 1 aromatic carbocycles. The summed E-state index contributed by atoms with van der Waals surface area (Å²) < 4.78 is 18.1. The fraction of sp³-hybridized carbons (Fsp3) is 0.562. The number of ether oxygens (including phenoxy) is 1. The summed E-state index contributed by atoms with van der Waals surface area (Å²) in [5, 5.41) is 3.22. The largest absolute Gasteiger partial charge is 0.464 e. The van der Waals surface area contributed by atoms with Gasteiger partial charge in [-0.1, -0.05) is 19.3 Å². The first-order valence-electron chi connectivity index (χ1n) is 7.39. The maximum atomic E-state index is 12.9. The SMILES string of the molecule is CCOC(=O)C(Nc1ccc(F)cc1)C1CCCCC1. The van der Waals surface area contributed by atoms with Crippen LogP contribution in [0.25, 0.3) is 0 Å². The summed E-state index contributed by atoms with van der Waals surface area (Å²) in [7, 11) is 0. The average molecular weight is 279 g/mol. The first kappa shape index (κ1) is 14.8. The molecule has 0 heterocycles. The van der Waals surface area contributed by atoms with Crippen molar-refractivity contribution in [2.45, 2.75) is 45.1 Å². The van der Waals surface area contributed by atoms with Crippen LogP contribution in [0.2, 0.25) is 0 Å². The Kier molecular flexibility index (Phi) is 5.39. The lowest BCUT2D eigenvalue weighted by molar-refractivity contribution is -0.145. The molecule has 1 N–H and O–H groups in total. The molecule has 2 rings (SSSR count). The van der Waals surface area contributed by atoms with Crippen molar-refractivity contribution >= 4 is 11.7 Å². The number of hydrogen-bond donors (Lipinski definition) is 1. The Morgan fingerprint density at radius 3 is 2.55 bits per heavy atom. The number of esters is 1. The molecule has 1 fully saturated rings. The highest BCUT2D eigenvalue weighted by Gasteiger charge is 2.30. The minimum absolute atomic E-state index is 0.205. The fourth-order valence-electron chi connectivity index (χ4n) is 2.79. The van der Waals surface area contributed by atoms with E-state index in [-0.39, 0.29) is 17.8 Å². The molecule has 0 aliphatic heterocycles. The van der Waals surface area contributed by atoms with Gasteiger partial charge in [-0.25, -0.2) is 9.18 Å². The number of anilines is 1. The molecule has 1 saturated carbocycles. The molecule has 0 bridgehead atoms. The number of benzene rings is 1. The second kappa shape index (κ2) is 7.27. The molecule has 110 valence electrons. The van der Waals surface area contributed by atoms with Crippen molar-refractivity contribution < 1.29 is 13.9 Å². The summed E-state index contributed by atoms with van der Waals surface area (Å²) in [5.41, 5.74) is 0.759. The summed E-state index contributed by atoms with van der Waals surface area (Å²) in [6.07, 6.45) is 5.63. The number of nitrogens with one attached hydrogen (secondary N) is 1. The summed E-state index contributed by atoms with van der Waals surface area (Å²) >= 11 is 0. The highest BCUT2D eigenvalue weighted by molar-refractivity contribution is 5.79. The van der Waals surface area contributed by atoms with E-state index in [9.17, 15) is 9.18 Å². The van der Waals surface area contributed by atoms with Crippen LogP contribution in [0.3, 0.4) is 0 Å². The van der Waals surface area contributed by atoms with Gasteiger partial charge in [0.1, 0.15) is 11.9 Å². The molecule has 3 nitrogen and oxygen atoms in total. The van der Waals surface area contributed by atoms with Crippen LogP contribution in [0.5, 0.6) is 0 Å². The molecule has 1 aliphatic carbocycles. The number of carbonyl (C=O) groups is 1. The zero-order valence-electron chi connectivity index (χ0n) is 11.9. The van der Waals surface area contributed by atoms with Gasteiger partial charge in [0.15, 0.2) is 0 Å². The predicted molar refractivity (Wildman–Crippen MR) is 77.0 cm³/mol. The van der Waals surface area contributed by atoms with Crippen molar-refractivity contribution in [3.05, 3.63) is 30.1 Å². The lowest BCUT2D eigenvalue weighted by Crippen LogP contribution is -2.39. The Bertz CT molecular complexity index is 427. The third-order valence-corrected chi connectivity index (χ3v) is 3.83. The van der Waals surface area contributed by atoms with Gasteiger partial charge in [-0.15, -0.1) is 0 Å². The van der Waals surface area contributed by atoms with E-state index < -0.39 is 0 Å². The molecule has 0 saturated heterocycles. The van der Waals surface area contributed by atoms with E-state index in [1.807, 2.05) is 6.92 Å². The quantitative estimate of drug-likeness (QED) is 0.834. The minimum atomic E-state index is -0.333. The number of halogens is 1. The van der Waals surface area contributed by atoms with Crippen LogP contribution in [0.1, 0.15) is 39.0 Å². The molecule has 1 aromatic rings. The Hall–Kier alpha value is -1.58. The molecule has 1 atom stereocenters. The summed E-state index contributed by atoms with van der Waals surface area (Å²) in [4.78, 5) is 12.2. The Morgan fingerprint density at radius 1 is 1.30 bits per heavy atom. The van der Waals surface area contributed by atoms with Gasteiger partial charge < -0.3 is 10.1 Å². The van der Waals surface area contributed by atoms with Crippen molar-refractivity contribution in [2.24, 2.45) is 5.92 Å². The van der Waals surface area contributed by atoms with Crippen LogP contribution in [-0.2, 0) is 9.53 Å². The van der Waals surface area contributed by atoms with Crippen molar-refractivity contribution in [1.82, 2.24) is 0 Å². The number of rotatable bonds is 5. The third-order valence-electron chi connectivity index (χ3n) is 3.83. The van der Waals surface area contributed by atoms with Gasteiger partial charge in [-0.3, -0.25) is 0 Å². The van der Waals surface area contributed by atoms with Gasteiger partial charge in [0.2, 0.25) is 0 Å². The van der Waals surface area contributed by atoms with Gasteiger partial charge in [0.25, 0.3) is 0 Å². The first-order valence-corrected chi connectivity index (χ1v) is 7.39. The van der Waals surface area contributed by atoms with Gasteiger partial charge in [-0.05, 0) is 49.9 Å². The second-order valence-electron chi connectivity index (χ2n) is 5.28. The zero-order chi connectivity index (χ0) is 14.4. The molecule has 1 aliphatic rings. The summed E-state index contributed by atoms with van der Waals surface area (Å²) in [5.74, 6) is -0.183. The van der Waals surface area contributed by atoms with E-state index in [0.29, 0.717) is 12.5 Å². The molecular formula is C16H22FNO2. The van der Waals surface area contributed by atoms with Gasteiger partial charge in [0, 0.05) is 5.69 Å². The van der Waals surface area contributed by atoms with Crippen molar-refractivity contribution in [3.63, 3.8) is 0 Å².